The number of ether oxygens (including phenoxy) is 1. The summed E-state index contributed by atoms with van der Waals surface area (Å²) in [6, 6.07) is 0. The molecule has 43 valence electrons. The Balaban J connectivity index is 2.40. The Morgan fingerprint density at radius 3 is 3.00 bits per heavy atom. The van der Waals surface area contributed by atoms with Crippen LogP contribution in [0.1, 0.15) is 6.42 Å². The van der Waals surface area contributed by atoms with Crippen LogP contribution in [0.4, 0.5) is 0 Å². The third kappa shape index (κ3) is 1.20. The third-order valence-electron chi connectivity index (χ3n) is 1.15. The van der Waals surface area contributed by atoms with E-state index in [-0.39, 0.29) is 6.10 Å². The number of hydrogen-bond donors (Lipinski definition) is 0. The van der Waals surface area contributed by atoms with Gasteiger partial charge in [0.15, 0.2) is 0 Å². The number of allylic oxidation sites excluding steroid dienone is 2. The molecule has 0 aliphatic heterocycles. The van der Waals surface area contributed by atoms with Gasteiger partial charge >= 0.3 is 0 Å². The first-order chi connectivity index (χ1) is 3.93. The monoisotopic (exact) mass is 109 g/mol. The fourth-order valence-electron chi connectivity index (χ4n) is 0.665. The minimum Gasteiger partial charge on any atom is -0.376 e. The van der Waals surface area contributed by atoms with Gasteiger partial charge in [-0.05, 0) is 12.5 Å². The molecule has 0 amide bonds. The van der Waals surface area contributed by atoms with Crippen LogP contribution in [0.3, 0.4) is 0 Å². The summed E-state index contributed by atoms with van der Waals surface area (Å²) in [5.41, 5.74) is 0. The largest absolute Gasteiger partial charge is 0.376 e. The van der Waals surface area contributed by atoms with Crippen LogP contribution in [0.5, 0.6) is 0 Å². The molecular formula is C7H9O. The van der Waals surface area contributed by atoms with E-state index in [2.05, 4.69) is 12.2 Å². The van der Waals surface area contributed by atoms with E-state index in [1.807, 2.05) is 12.2 Å². The van der Waals surface area contributed by atoms with Crippen molar-refractivity contribution in [3.05, 3.63) is 24.3 Å². The molecule has 0 aromatic heterocycles. The highest BCUT2D eigenvalue weighted by Gasteiger charge is 2.00. The standard InChI is InChI=1S/C7H9O/c1-8-7-5-3-2-4-6-7/h2-4,7H,5H2,1H3. The molecule has 1 radical (unpaired) electrons. The van der Waals surface area contributed by atoms with Gasteiger partial charge in [-0.1, -0.05) is 18.2 Å². The summed E-state index contributed by atoms with van der Waals surface area (Å²) < 4.78 is 5.00. The summed E-state index contributed by atoms with van der Waals surface area (Å²) in [6.45, 7) is 0. The van der Waals surface area contributed by atoms with Crippen molar-refractivity contribution in [1.29, 1.82) is 0 Å². The third-order valence-corrected chi connectivity index (χ3v) is 1.15. The van der Waals surface area contributed by atoms with Gasteiger partial charge in [0.25, 0.3) is 0 Å². The summed E-state index contributed by atoms with van der Waals surface area (Å²) in [5.74, 6) is 0. The number of methoxy groups -OCH3 is 1. The average Bonchev–Trinajstić information content (AvgIpc) is 1.90. The van der Waals surface area contributed by atoms with E-state index in [0.29, 0.717) is 0 Å². The average molecular weight is 109 g/mol. The predicted molar refractivity (Wildman–Crippen MR) is 32.4 cm³/mol. The molecule has 0 fully saturated rings. The van der Waals surface area contributed by atoms with Crippen LogP contribution < -0.4 is 0 Å². The van der Waals surface area contributed by atoms with E-state index < -0.39 is 0 Å². The molecule has 1 aliphatic carbocycles. The Hall–Kier alpha value is -0.560. The Kier molecular flexibility index (Phi) is 1.86. The van der Waals surface area contributed by atoms with Crippen molar-refractivity contribution in [2.45, 2.75) is 12.5 Å². The number of rotatable bonds is 1. The smallest absolute Gasteiger partial charge is 0.0859 e. The lowest BCUT2D eigenvalue weighted by Gasteiger charge is -2.07. The van der Waals surface area contributed by atoms with Gasteiger partial charge in [0.1, 0.15) is 0 Å². The Bertz CT molecular complexity index is 114. The van der Waals surface area contributed by atoms with Gasteiger partial charge in [-0.25, -0.2) is 0 Å². The maximum Gasteiger partial charge on any atom is 0.0859 e. The van der Waals surface area contributed by atoms with Crippen molar-refractivity contribution in [3.63, 3.8) is 0 Å². The highest BCUT2D eigenvalue weighted by Crippen LogP contribution is 2.03. The molecule has 0 heterocycles. The van der Waals surface area contributed by atoms with E-state index in [1.165, 1.54) is 0 Å². The van der Waals surface area contributed by atoms with Crippen LogP contribution in [0.15, 0.2) is 18.2 Å². The summed E-state index contributed by atoms with van der Waals surface area (Å²) in [4.78, 5) is 0. The van der Waals surface area contributed by atoms with Crippen LogP contribution in [-0.2, 0) is 4.74 Å². The lowest BCUT2D eigenvalue weighted by atomic mass is 10.1. The molecule has 1 rings (SSSR count). The zero-order chi connectivity index (χ0) is 5.82. The fourth-order valence-corrected chi connectivity index (χ4v) is 0.665. The molecule has 1 aliphatic rings. The van der Waals surface area contributed by atoms with E-state index in [9.17, 15) is 0 Å². The molecule has 0 saturated heterocycles. The second-order valence-electron chi connectivity index (χ2n) is 1.72. The molecular weight excluding hydrogens is 100 g/mol. The second kappa shape index (κ2) is 2.68. The lowest BCUT2D eigenvalue weighted by molar-refractivity contribution is 0.137. The summed E-state index contributed by atoms with van der Waals surface area (Å²) in [6.07, 6.45) is 10.1. The van der Waals surface area contributed by atoms with Crippen LogP contribution in [0.25, 0.3) is 0 Å². The molecule has 0 aromatic rings. The maximum atomic E-state index is 5.00. The van der Waals surface area contributed by atoms with E-state index in [1.54, 1.807) is 7.11 Å². The van der Waals surface area contributed by atoms with E-state index >= 15 is 0 Å². The highest BCUT2D eigenvalue weighted by molar-refractivity contribution is 5.07. The zero-order valence-electron chi connectivity index (χ0n) is 4.92. The van der Waals surface area contributed by atoms with Crippen LogP contribution >= 0.6 is 0 Å². The predicted octanol–water partition coefficient (Wildman–Crippen LogP) is 1.32. The molecule has 0 saturated carbocycles. The Morgan fingerprint density at radius 1 is 1.75 bits per heavy atom. The zero-order valence-corrected chi connectivity index (χ0v) is 4.92. The van der Waals surface area contributed by atoms with Crippen molar-refractivity contribution >= 4 is 0 Å². The quantitative estimate of drug-likeness (QED) is 0.493. The van der Waals surface area contributed by atoms with Gasteiger partial charge in [-0.15, -0.1) is 0 Å². The minimum absolute atomic E-state index is 0.194. The minimum atomic E-state index is 0.194. The normalized spacial score (nSPS) is 26.4. The second-order valence-corrected chi connectivity index (χ2v) is 1.72. The highest BCUT2D eigenvalue weighted by atomic mass is 16.5. The maximum absolute atomic E-state index is 5.00. The molecule has 1 unspecified atom stereocenters. The first kappa shape index (κ1) is 5.57. The first-order valence-corrected chi connectivity index (χ1v) is 2.70. The summed E-state index contributed by atoms with van der Waals surface area (Å²) in [7, 11) is 1.70. The fraction of sp³-hybridized carbons (Fsp3) is 0.429. The first-order valence-electron chi connectivity index (χ1n) is 2.70. The molecule has 0 N–H and O–H groups in total. The summed E-state index contributed by atoms with van der Waals surface area (Å²) in [5, 5.41) is 0. The van der Waals surface area contributed by atoms with Crippen molar-refractivity contribution in [1.82, 2.24) is 0 Å². The SMILES string of the molecule is COC1[C]=CC=CC1. The molecule has 0 aromatic carbocycles. The van der Waals surface area contributed by atoms with Gasteiger partial charge in [0.2, 0.25) is 0 Å². The Labute approximate surface area is 49.7 Å². The van der Waals surface area contributed by atoms with E-state index in [0.717, 1.165) is 6.42 Å². The van der Waals surface area contributed by atoms with Crippen LogP contribution in [-0.4, -0.2) is 13.2 Å². The topological polar surface area (TPSA) is 9.23 Å². The Morgan fingerprint density at radius 2 is 2.62 bits per heavy atom. The summed E-state index contributed by atoms with van der Waals surface area (Å²) >= 11 is 0. The van der Waals surface area contributed by atoms with E-state index in [4.69, 9.17) is 4.74 Å². The van der Waals surface area contributed by atoms with Crippen molar-refractivity contribution < 1.29 is 4.74 Å². The van der Waals surface area contributed by atoms with Crippen molar-refractivity contribution in [3.8, 4) is 0 Å². The molecule has 0 spiro atoms. The van der Waals surface area contributed by atoms with Gasteiger partial charge < -0.3 is 4.74 Å². The van der Waals surface area contributed by atoms with Crippen LogP contribution in [0.2, 0.25) is 0 Å². The lowest BCUT2D eigenvalue weighted by Crippen LogP contribution is -2.06. The molecule has 1 nitrogen and oxygen atoms in total. The van der Waals surface area contributed by atoms with Gasteiger partial charge in [0, 0.05) is 7.11 Å². The van der Waals surface area contributed by atoms with Crippen molar-refractivity contribution in [2.24, 2.45) is 0 Å². The molecule has 1 heteroatoms. The van der Waals surface area contributed by atoms with Crippen LogP contribution in [0, 0.1) is 6.08 Å². The van der Waals surface area contributed by atoms with Gasteiger partial charge in [-0.2, -0.15) is 0 Å². The molecule has 8 heavy (non-hydrogen) atoms. The number of hydrogen-bond acceptors (Lipinski definition) is 1. The van der Waals surface area contributed by atoms with Crippen molar-refractivity contribution in [2.75, 3.05) is 7.11 Å². The van der Waals surface area contributed by atoms with Gasteiger partial charge in [0.05, 0.1) is 6.10 Å². The molecule has 0 bridgehead atoms. The van der Waals surface area contributed by atoms with Gasteiger partial charge in [-0.3, -0.25) is 0 Å². The molecule has 1 atom stereocenters.